The van der Waals surface area contributed by atoms with Crippen molar-refractivity contribution in [3.05, 3.63) is 57.6 Å². The maximum atomic E-state index is 11.0. The Bertz CT molecular complexity index is 884. The second-order valence-corrected chi connectivity index (χ2v) is 9.36. The number of rotatable bonds is 7. The number of thiophene rings is 1. The Labute approximate surface area is 180 Å². The predicted molar refractivity (Wildman–Crippen MR) is 121 cm³/mol. The molecule has 0 aliphatic rings. The van der Waals surface area contributed by atoms with E-state index < -0.39 is 5.97 Å². The molecule has 0 saturated carbocycles. The second kappa shape index (κ2) is 9.54. The van der Waals surface area contributed by atoms with Crippen LogP contribution in [0.1, 0.15) is 37.6 Å². The molecule has 0 bridgehead atoms. The molecule has 0 fully saturated rings. The molecule has 0 aliphatic carbocycles. The fourth-order valence-electron chi connectivity index (χ4n) is 2.75. The van der Waals surface area contributed by atoms with Crippen LogP contribution >= 0.6 is 35.1 Å². The van der Waals surface area contributed by atoms with Crippen LogP contribution in [-0.4, -0.2) is 22.6 Å². The molecule has 28 heavy (non-hydrogen) atoms. The van der Waals surface area contributed by atoms with Gasteiger partial charge in [0.15, 0.2) is 5.13 Å². The van der Waals surface area contributed by atoms with Crippen LogP contribution < -0.4 is 4.90 Å². The Kier molecular flexibility index (Phi) is 7.63. The summed E-state index contributed by atoms with van der Waals surface area (Å²) in [6, 6.07) is 12.6. The molecule has 3 aromatic rings. The quantitative estimate of drug-likeness (QED) is 0.488. The highest BCUT2D eigenvalue weighted by molar-refractivity contribution is 7.14. The van der Waals surface area contributed by atoms with Crippen LogP contribution in [0.3, 0.4) is 0 Å². The predicted octanol–water partition coefficient (Wildman–Crippen LogP) is 6.07. The Balaban J connectivity index is 0.00000280. The lowest BCUT2D eigenvalue weighted by atomic mass is 9.86. The van der Waals surface area contributed by atoms with E-state index in [1.54, 1.807) is 22.7 Å². The van der Waals surface area contributed by atoms with Crippen molar-refractivity contribution in [1.82, 2.24) is 4.98 Å². The van der Waals surface area contributed by atoms with Crippen LogP contribution in [0, 0.1) is 0 Å². The van der Waals surface area contributed by atoms with Crippen LogP contribution in [0.4, 0.5) is 5.13 Å². The Morgan fingerprint density at radius 3 is 2.43 bits per heavy atom. The largest absolute Gasteiger partial charge is 0.481 e. The highest BCUT2D eigenvalue weighted by Crippen LogP contribution is 2.31. The molecule has 3 rings (SSSR count). The number of benzene rings is 1. The van der Waals surface area contributed by atoms with Crippen molar-refractivity contribution in [3.8, 4) is 11.3 Å². The summed E-state index contributed by atoms with van der Waals surface area (Å²) in [4.78, 5) is 19.1. The van der Waals surface area contributed by atoms with Gasteiger partial charge in [-0.25, -0.2) is 4.98 Å². The number of aromatic nitrogens is 1. The topological polar surface area (TPSA) is 53.4 Å². The zero-order valence-electron chi connectivity index (χ0n) is 16.2. The fourth-order valence-corrected chi connectivity index (χ4v) is 4.33. The van der Waals surface area contributed by atoms with Gasteiger partial charge in [0, 0.05) is 22.4 Å². The highest BCUT2D eigenvalue weighted by Gasteiger charge is 2.16. The molecule has 0 aliphatic heterocycles. The van der Waals surface area contributed by atoms with Crippen LogP contribution in [0.5, 0.6) is 0 Å². The number of halogens is 1. The maximum Gasteiger partial charge on any atom is 0.305 e. The monoisotopic (exact) mass is 436 g/mol. The standard InChI is InChI=1S/C21H24N2O2S2.ClH/c1-21(2,3)16-8-6-15(7-9-16)18-14-27-20(22-18)23(11-10-19(24)25)13-17-5-4-12-26-17;/h4-9,12,14H,10-11,13H2,1-3H3,(H,24,25);1H. The lowest BCUT2D eigenvalue weighted by Gasteiger charge is -2.20. The van der Waals surface area contributed by atoms with E-state index in [0.29, 0.717) is 13.1 Å². The first kappa shape index (κ1) is 22.4. The number of carboxylic acids is 1. The lowest BCUT2D eigenvalue weighted by Crippen LogP contribution is -2.25. The second-order valence-electron chi connectivity index (χ2n) is 7.49. The van der Waals surface area contributed by atoms with E-state index in [1.807, 2.05) is 16.8 Å². The van der Waals surface area contributed by atoms with Gasteiger partial charge in [-0.1, -0.05) is 51.1 Å². The van der Waals surface area contributed by atoms with Gasteiger partial charge in [0.1, 0.15) is 0 Å². The molecular weight excluding hydrogens is 412 g/mol. The van der Waals surface area contributed by atoms with Crippen molar-refractivity contribution >= 4 is 46.2 Å². The molecule has 0 spiro atoms. The average Bonchev–Trinajstić information content (AvgIpc) is 3.29. The zero-order valence-corrected chi connectivity index (χ0v) is 18.7. The van der Waals surface area contributed by atoms with E-state index in [2.05, 4.69) is 56.0 Å². The maximum absolute atomic E-state index is 11.0. The molecule has 4 nitrogen and oxygen atoms in total. The van der Waals surface area contributed by atoms with Crippen molar-refractivity contribution in [2.75, 3.05) is 11.4 Å². The molecule has 2 aromatic heterocycles. The summed E-state index contributed by atoms with van der Waals surface area (Å²) in [5.74, 6) is -0.791. The molecule has 7 heteroatoms. The minimum atomic E-state index is -0.791. The van der Waals surface area contributed by atoms with E-state index >= 15 is 0 Å². The van der Waals surface area contributed by atoms with Crippen molar-refractivity contribution in [2.45, 2.75) is 39.2 Å². The third-order valence-corrected chi connectivity index (χ3v) is 6.09. The van der Waals surface area contributed by atoms with E-state index in [4.69, 9.17) is 10.1 Å². The van der Waals surface area contributed by atoms with Gasteiger partial charge in [-0.15, -0.1) is 35.1 Å². The van der Waals surface area contributed by atoms with Gasteiger partial charge in [-0.3, -0.25) is 4.79 Å². The van der Waals surface area contributed by atoms with Gasteiger partial charge in [-0.2, -0.15) is 0 Å². The number of nitrogens with zero attached hydrogens (tertiary/aromatic N) is 2. The third kappa shape index (κ3) is 5.80. The van der Waals surface area contributed by atoms with Crippen LogP contribution in [-0.2, 0) is 16.8 Å². The van der Waals surface area contributed by atoms with Gasteiger partial charge >= 0.3 is 5.97 Å². The third-order valence-electron chi connectivity index (χ3n) is 4.33. The molecular formula is C21H25ClN2O2S2. The van der Waals surface area contributed by atoms with Gasteiger partial charge in [0.2, 0.25) is 0 Å². The summed E-state index contributed by atoms with van der Waals surface area (Å²) in [6.45, 7) is 7.74. The van der Waals surface area contributed by atoms with Gasteiger partial charge in [-0.05, 0) is 22.4 Å². The van der Waals surface area contributed by atoms with Crippen molar-refractivity contribution in [3.63, 3.8) is 0 Å². The van der Waals surface area contributed by atoms with Gasteiger partial charge in [0.05, 0.1) is 18.7 Å². The van der Waals surface area contributed by atoms with Crippen molar-refractivity contribution in [1.29, 1.82) is 0 Å². The molecule has 0 unspecified atom stereocenters. The number of thiazole rings is 1. The number of hydrogen-bond acceptors (Lipinski definition) is 5. The molecule has 150 valence electrons. The highest BCUT2D eigenvalue weighted by atomic mass is 35.5. The molecule has 2 heterocycles. The number of hydrogen-bond donors (Lipinski definition) is 1. The van der Waals surface area contributed by atoms with Crippen LogP contribution in [0.15, 0.2) is 47.2 Å². The van der Waals surface area contributed by atoms with Crippen LogP contribution in [0.25, 0.3) is 11.3 Å². The van der Waals surface area contributed by atoms with E-state index in [1.165, 1.54) is 10.4 Å². The molecule has 1 N–H and O–H groups in total. The molecule has 0 amide bonds. The first-order valence-corrected chi connectivity index (χ1v) is 10.6. The van der Waals surface area contributed by atoms with E-state index in [-0.39, 0.29) is 24.2 Å². The number of carbonyl (C=O) groups is 1. The lowest BCUT2D eigenvalue weighted by molar-refractivity contribution is -0.136. The average molecular weight is 437 g/mol. The smallest absolute Gasteiger partial charge is 0.305 e. The summed E-state index contributed by atoms with van der Waals surface area (Å²) in [6.07, 6.45) is 0.0978. The van der Waals surface area contributed by atoms with Gasteiger partial charge < -0.3 is 10.0 Å². The Morgan fingerprint density at radius 1 is 1.14 bits per heavy atom. The first-order chi connectivity index (χ1) is 12.8. The summed E-state index contributed by atoms with van der Waals surface area (Å²) in [5.41, 5.74) is 3.43. The molecule has 0 atom stereocenters. The Morgan fingerprint density at radius 2 is 1.86 bits per heavy atom. The number of anilines is 1. The summed E-state index contributed by atoms with van der Waals surface area (Å²) in [5, 5.41) is 14.0. The molecule has 1 aromatic carbocycles. The number of aliphatic carboxylic acids is 1. The normalized spacial score (nSPS) is 11.1. The van der Waals surface area contributed by atoms with E-state index in [9.17, 15) is 4.79 Å². The van der Waals surface area contributed by atoms with Crippen molar-refractivity contribution < 1.29 is 9.90 Å². The minimum Gasteiger partial charge on any atom is -0.481 e. The summed E-state index contributed by atoms with van der Waals surface area (Å²) >= 11 is 3.24. The zero-order chi connectivity index (χ0) is 19.4. The van der Waals surface area contributed by atoms with Crippen LogP contribution in [0.2, 0.25) is 0 Å². The SMILES string of the molecule is CC(C)(C)c1ccc(-c2csc(N(CCC(=O)O)Cc3cccs3)n2)cc1.Cl. The number of carboxylic acid groups (broad SMARTS) is 1. The Hall–Kier alpha value is -1.89. The van der Waals surface area contributed by atoms with Gasteiger partial charge in [0.25, 0.3) is 0 Å². The molecule has 0 saturated heterocycles. The summed E-state index contributed by atoms with van der Waals surface area (Å²) < 4.78 is 0. The van der Waals surface area contributed by atoms with Crippen molar-refractivity contribution in [2.24, 2.45) is 0 Å². The van der Waals surface area contributed by atoms with E-state index in [0.717, 1.165) is 16.4 Å². The first-order valence-electron chi connectivity index (χ1n) is 8.88. The molecule has 0 radical (unpaired) electrons. The minimum absolute atomic E-state index is 0. The fraction of sp³-hybridized carbons (Fsp3) is 0.333. The summed E-state index contributed by atoms with van der Waals surface area (Å²) in [7, 11) is 0.